The lowest BCUT2D eigenvalue weighted by atomic mass is 10.0. The number of nitrogens with zero attached hydrogens (tertiary/aromatic N) is 8. The van der Waals surface area contributed by atoms with Gasteiger partial charge in [-0.1, -0.05) is 5.21 Å². The van der Waals surface area contributed by atoms with Gasteiger partial charge in [0.05, 0.1) is 11.9 Å². The SMILES string of the molecule is CN1CCC(N(C)c2cc(C(=O)Nc3cc4cc(-c5cn(C)nn5)ncc4cn3)ccn2)CC1. The quantitative estimate of drug-likeness (QED) is 0.488. The van der Waals surface area contributed by atoms with Crippen LogP contribution < -0.4 is 10.2 Å². The number of hydrogen-bond acceptors (Lipinski definition) is 8. The van der Waals surface area contributed by atoms with Crippen LogP contribution >= 0.6 is 0 Å². The summed E-state index contributed by atoms with van der Waals surface area (Å²) in [6, 6.07) is 7.73. The van der Waals surface area contributed by atoms with Crippen molar-refractivity contribution in [1.29, 1.82) is 0 Å². The van der Waals surface area contributed by atoms with E-state index in [0.717, 1.165) is 42.5 Å². The zero-order valence-electron chi connectivity index (χ0n) is 19.5. The van der Waals surface area contributed by atoms with Gasteiger partial charge in [0.15, 0.2) is 0 Å². The number of anilines is 2. The maximum absolute atomic E-state index is 13.0. The van der Waals surface area contributed by atoms with E-state index in [-0.39, 0.29) is 5.91 Å². The minimum absolute atomic E-state index is 0.226. The molecule has 1 amide bonds. The first-order valence-corrected chi connectivity index (χ1v) is 11.3. The minimum Gasteiger partial charge on any atom is -0.357 e. The largest absolute Gasteiger partial charge is 0.357 e. The normalized spacial score (nSPS) is 14.9. The second-order valence-corrected chi connectivity index (χ2v) is 8.77. The van der Waals surface area contributed by atoms with Crippen molar-refractivity contribution >= 4 is 28.3 Å². The van der Waals surface area contributed by atoms with Gasteiger partial charge in [0.1, 0.15) is 17.3 Å². The Labute approximate surface area is 197 Å². The van der Waals surface area contributed by atoms with Gasteiger partial charge in [-0.2, -0.15) is 0 Å². The Morgan fingerprint density at radius 3 is 2.59 bits per heavy atom. The Kier molecular flexibility index (Phi) is 5.89. The summed E-state index contributed by atoms with van der Waals surface area (Å²) in [5, 5.41) is 12.8. The van der Waals surface area contributed by atoms with Crippen molar-refractivity contribution in [3.8, 4) is 11.4 Å². The summed E-state index contributed by atoms with van der Waals surface area (Å²) in [5.74, 6) is 1.04. The van der Waals surface area contributed by atoms with E-state index < -0.39 is 0 Å². The molecule has 0 spiro atoms. The summed E-state index contributed by atoms with van der Waals surface area (Å²) in [6.45, 7) is 2.13. The Morgan fingerprint density at radius 2 is 1.82 bits per heavy atom. The number of aryl methyl sites for hydroxylation is 1. The molecule has 4 aromatic heterocycles. The minimum atomic E-state index is -0.226. The van der Waals surface area contributed by atoms with E-state index in [1.807, 2.05) is 38.5 Å². The average Bonchev–Trinajstić information content (AvgIpc) is 3.30. The number of piperidine rings is 1. The van der Waals surface area contributed by atoms with Crippen molar-refractivity contribution < 1.29 is 4.79 Å². The molecule has 0 bridgehead atoms. The molecule has 5 heterocycles. The fraction of sp³-hybridized carbons (Fsp3) is 0.333. The molecule has 0 aliphatic carbocycles. The molecule has 1 aliphatic rings. The van der Waals surface area contributed by atoms with Crippen molar-refractivity contribution in [2.45, 2.75) is 18.9 Å². The third kappa shape index (κ3) is 4.58. The molecule has 174 valence electrons. The van der Waals surface area contributed by atoms with E-state index in [0.29, 0.717) is 28.8 Å². The third-order valence-electron chi connectivity index (χ3n) is 6.31. The highest BCUT2D eigenvalue weighted by molar-refractivity contribution is 6.05. The van der Waals surface area contributed by atoms with Crippen LogP contribution in [0.1, 0.15) is 23.2 Å². The van der Waals surface area contributed by atoms with E-state index in [1.165, 1.54) is 0 Å². The number of aromatic nitrogens is 6. The van der Waals surface area contributed by atoms with Gasteiger partial charge in [-0.05, 0) is 62.6 Å². The van der Waals surface area contributed by atoms with E-state index in [2.05, 4.69) is 47.4 Å². The molecule has 0 aromatic carbocycles. The summed E-state index contributed by atoms with van der Waals surface area (Å²) < 4.78 is 1.63. The van der Waals surface area contributed by atoms with Crippen molar-refractivity contribution in [1.82, 2.24) is 34.8 Å². The van der Waals surface area contributed by atoms with Gasteiger partial charge in [0, 0.05) is 49.7 Å². The maximum Gasteiger partial charge on any atom is 0.257 e. The molecular formula is C24H27N9O. The Hall–Kier alpha value is -3.92. The molecule has 1 N–H and O–H groups in total. The Balaban J connectivity index is 1.33. The molecule has 1 fully saturated rings. The fourth-order valence-electron chi connectivity index (χ4n) is 4.22. The molecular weight excluding hydrogens is 430 g/mol. The van der Waals surface area contributed by atoms with Crippen LogP contribution in [0.2, 0.25) is 0 Å². The summed E-state index contributed by atoms with van der Waals surface area (Å²) in [6.07, 6.45) is 9.09. The first-order chi connectivity index (χ1) is 16.5. The highest BCUT2D eigenvalue weighted by atomic mass is 16.1. The van der Waals surface area contributed by atoms with E-state index >= 15 is 0 Å². The topological polar surface area (TPSA) is 105 Å². The summed E-state index contributed by atoms with van der Waals surface area (Å²) in [5.41, 5.74) is 1.94. The molecule has 10 heteroatoms. The first-order valence-electron chi connectivity index (χ1n) is 11.3. The third-order valence-corrected chi connectivity index (χ3v) is 6.31. The number of carbonyl (C=O) groups is 1. The number of pyridine rings is 3. The van der Waals surface area contributed by atoms with E-state index in [1.54, 1.807) is 29.3 Å². The van der Waals surface area contributed by atoms with Crippen molar-refractivity contribution in [2.75, 3.05) is 37.4 Å². The average molecular weight is 458 g/mol. The van der Waals surface area contributed by atoms with Gasteiger partial charge >= 0.3 is 0 Å². The molecule has 10 nitrogen and oxygen atoms in total. The molecule has 0 atom stereocenters. The molecule has 4 aromatic rings. The van der Waals surface area contributed by atoms with E-state index in [9.17, 15) is 4.79 Å². The number of amides is 1. The predicted octanol–water partition coefficient (Wildman–Crippen LogP) is 2.60. The predicted molar refractivity (Wildman–Crippen MR) is 131 cm³/mol. The Bertz CT molecular complexity index is 1330. The fourth-order valence-corrected chi connectivity index (χ4v) is 4.22. The van der Waals surface area contributed by atoms with Crippen LogP contribution in [0.5, 0.6) is 0 Å². The lowest BCUT2D eigenvalue weighted by Gasteiger charge is -2.35. The molecule has 0 saturated carbocycles. The lowest BCUT2D eigenvalue weighted by Crippen LogP contribution is -2.42. The molecule has 1 saturated heterocycles. The number of likely N-dealkylation sites (tertiary alicyclic amines) is 1. The van der Waals surface area contributed by atoms with Crippen molar-refractivity contribution in [3.05, 3.63) is 54.6 Å². The smallest absolute Gasteiger partial charge is 0.257 e. The van der Waals surface area contributed by atoms with Crippen LogP contribution in [0.4, 0.5) is 11.6 Å². The summed E-state index contributed by atoms with van der Waals surface area (Å²) in [7, 11) is 6.01. The summed E-state index contributed by atoms with van der Waals surface area (Å²) >= 11 is 0. The van der Waals surface area contributed by atoms with Gasteiger partial charge in [-0.15, -0.1) is 5.10 Å². The standard InChI is InChI=1S/C24H27N9O/c1-31-8-5-19(6-9-31)33(3)23-12-16(4-7-25-23)24(34)28-22-11-17-10-20(21-15-32(2)30-29-21)26-13-18(17)14-27-22/h4,7,10-15,19H,5-6,8-9H2,1-3H3,(H,27,28,34). The highest BCUT2D eigenvalue weighted by Gasteiger charge is 2.22. The monoisotopic (exact) mass is 457 g/mol. The number of rotatable bonds is 5. The van der Waals surface area contributed by atoms with Crippen LogP contribution in [-0.4, -0.2) is 74.0 Å². The highest BCUT2D eigenvalue weighted by Crippen LogP contribution is 2.23. The van der Waals surface area contributed by atoms with Gasteiger partial charge in [0.2, 0.25) is 0 Å². The van der Waals surface area contributed by atoms with Crippen LogP contribution in [0.3, 0.4) is 0 Å². The molecule has 0 unspecified atom stereocenters. The zero-order valence-corrected chi connectivity index (χ0v) is 19.5. The summed E-state index contributed by atoms with van der Waals surface area (Å²) in [4.78, 5) is 30.8. The van der Waals surface area contributed by atoms with Crippen molar-refractivity contribution in [2.24, 2.45) is 7.05 Å². The van der Waals surface area contributed by atoms with Gasteiger partial charge in [0.25, 0.3) is 5.91 Å². The van der Waals surface area contributed by atoms with Crippen LogP contribution in [-0.2, 0) is 7.05 Å². The second kappa shape index (κ2) is 9.14. The van der Waals surface area contributed by atoms with Gasteiger partial charge in [-0.25, -0.2) is 9.97 Å². The van der Waals surface area contributed by atoms with Crippen molar-refractivity contribution in [3.63, 3.8) is 0 Å². The Morgan fingerprint density at radius 1 is 1.03 bits per heavy atom. The molecule has 1 aliphatic heterocycles. The second-order valence-electron chi connectivity index (χ2n) is 8.77. The number of hydrogen-bond donors (Lipinski definition) is 1. The molecule has 0 radical (unpaired) electrons. The zero-order chi connectivity index (χ0) is 23.7. The van der Waals surface area contributed by atoms with Crippen LogP contribution in [0.15, 0.2) is 49.1 Å². The molecule has 5 rings (SSSR count). The van der Waals surface area contributed by atoms with Crippen LogP contribution in [0, 0.1) is 0 Å². The lowest BCUT2D eigenvalue weighted by molar-refractivity contribution is 0.102. The van der Waals surface area contributed by atoms with Crippen LogP contribution in [0.25, 0.3) is 22.2 Å². The van der Waals surface area contributed by atoms with E-state index in [4.69, 9.17) is 0 Å². The maximum atomic E-state index is 13.0. The number of fused-ring (bicyclic) bond motifs is 1. The first kappa shape index (κ1) is 21.9. The number of nitrogens with one attached hydrogen (secondary N) is 1. The van der Waals surface area contributed by atoms with Gasteiger partial charge < -0.3 is 15.1 Å². The van der Waals surface area contributed by atoms with Gasteiger partial charge in [-0.3, -0.25) is 14.5 Å². The molecule has 34 heavy (non-hydrogen) atoms. The number of carbonyl (C=O) groups excluding carboxylic acids is 1.